The van der Waals surface area contributed by atoms with Crippen LogP contribution in [0.25, 0.3) is 0 Å². The van der Waals surface area contributed by atoms with Gasteiger partial charge in [0.2, 0.25) is 11.8 Å². The van der Waals surface area contributed by atoms with Gasteiger partial charge >= 0.3 is 0 Å². The number of anilines is 2. The molecule has 2 N–H and O–H groups in total. The smallest absolute Gasteiger partial charge is 0.234 e. The summed E-state index contributed by atoms with van der Waals surface area (Å²) in [6.45, 7) is 8.59. The van der Waals surface area contributed by atoms with Crippen molar-refractivity contribution in [3.63, 3.8) is 0 Å². The second-order valence-electron chi connectivity index (χ2n) is 8.30. The molecule has 0 aliphatic rings. The van der Waals surface area contributed by atoms with E-state index in [4.69, 9.17) is 0 Å². The highest BCUT2D eigenvalue weighted by atomic mass is 32.2. The van der Waals surface area contributed by atoms with Gasteiger partial charge in [0.05, 0.1) is 11.5 Å². The molecule has 0 radical (unpaired) electrons. The van der Waals surface area contributed by atoms with Crippen molar-refractivity contribution in [3.05, 3.63) is 59.7 Å². The fraction of sp³-hybridized carbons (Fsp3) is 0.385. The van der Waals surface area contributed by atoms with Gasteiger partial charge in [-0.1, -0.05) is 99.0 Å². The monoisotopic (exact) mass is 528 g/mol. The quantitative estimate of drug-likeness (QED) is 0.246. The van der Waals surface area contributed by atoms with Crippen LogP contribution in [0.2, 0.25) is 0 Å². The Hall–Kier alpha value is -2.36. The molecule has 3 aromatic rings. The Morgan fingerprint density at radius 2 is 1.17 bits per heavy atom. The first kappa shape index (κ1) is 27.2. The third kappa shape index (κ3) is 8.08. The van der Waals surface area contributed by atoms with E-state index in [1.807, 2.05) is 36.4 Å². The van der Waals surface area contributed by atoms with E-state index in [2.05, 4.69) is 60.7 Å². The molecule has 6 nitrogen and oxygen atoms in total. The van der Waals surface area contributed by atoms with Crippen LogP contribution in [0, 0.1) is 0 Å². The Balaban J connectivity index is 1.47. The minimum absolute atomic E-state index is 0.0745. The number of aromatic nitrogens is 2. The van der Waals surface area contributed by atoms with Crippen molar-refractivity contribution >= 4 is 58.0 Å². The predicted octanol–water partition coefficient (Wildman–Crippen LogP) is 7.03. The molecule has 186 valence electrons. The SMILES string of the molecule is CC[C@@H](C)c1ccccc1NC(=O)CSc1nnc(SCC(=O)Nc2ccccc2[C@@H](C)CC)s1. The van der Waals surface area contributed by atoms with Crippen LogP contribution in [0.15, 0.2) is 57.2 Å². The number of thioether (sulfide) groups is 2. The first-order valence-corrected chi connectivity index (χ1v) is 14.6. The zero-order valence-electron chi connectivity index (χ0n) is 20.5. The van der Waals surface area contributed by atoms with Gasteiger partial charge in [0.15, 0.2) is 8.68 Å². The van der Waals surface area contributed by atoms with Gasteiger partial charge in [0, 0.05) is 11.4 Å². The molecule has 2 atom stereocenters. The molecule has 0 aliphatic carbocycles. The van der Waals surface area contributed by atoms with E-state index in [1.165, 1.54) is 34.9 Å². The first-order valence-electron chi connectivity index (χ1n) is 11.8. The van der Waals surface area contributed by atoms with Crippen LogP contribution >= 0.6 is 34.9 Å². The molecule has 0 bridgehead atoms. The summed E-state index contributed by atoms with van der Waals surface area (Å²) in [6.07, 6.45) is 2.02. The van der Waals surface area contributed by atoms with Crippen LogP contribution in [0.1, 0.15) is 63.5 Å². The highest BCUT2D eigenvalue weighted by molar-refractivity contribution is 8.03. The molecule has 0 aliphatic heterocycles. The van der Waals surface area contributed by atoms with Crippen LogP contribution in [0.3, 0.4) is 0 Å². The Morgan fingerprint density at radius 3 is 1.57 bits per heavy atom. The number of nitrogens with zero attached hydrogens (tertiary/aromatic N) is 2. The van der Waals surface area contributed by atoms with Crippen molar-refractivity contribution in [2.24, 2.45) is 0 Å². The van der Waals surface area contributed by atoms with E-state index in [-0.39, 0.29) is 23.3 Å². The fourth-order valence-electron chi connectivity index (χ4n) is 3.46. The number of para-hydroxylation sites is 2. The van der Waals surface area contributed by atoms with Crippen molar-refractivity contribution in [1.82, 2.24) is 10.2 Å². The van der Waals surface area contributed by atoms with Crippen LogP contribution in [-0.2, 0) is 9.59 Å². The molecular formula is C26H32N4O2S3. The van der Waals surface area contributed by atoms with Gasteiger partial charge in [-0.25, -0.2) is 0 Å². The lowest BCUT2D eigenvalue weighted by molar-refractivity contribution is -0.114. The number of benzene rings is 2. The average molecular weight is 529 g/mol. The molecule has 3 rings (SSSR count). The van der Waals surface area contributed by atoms with Crippen molar-refractivity contribution in [2.75, 3.05) is 22.1 Å². The summed E-state index contributed by atoms with van der Waals surface area (Å²) in [5.41, 5.74) is 4.02. The molecule has 1 aromatic heterocycles. The number of hydrogen-bond acceptors (Lipinski definition) is 7. The molecule has 0 spiro atoms. The maximum absolute atomic E-state index is 12.5. The second-order valence-corrected chi connectivity index (χ2v) is 11.7. The number of rotatable bonds is 12. The lowest BCUT2D eigenvalue weighted by atomic mass is 9.97. The summed E-state index contributed by atoms with van der Waals surface area (Å²) < 4.78 is 1.42. The normalized spacial score (nSPS) is 12.7. The fourth-order valence-corrected chi connectivity index (χ4v) is 6.08. The van der Waals surface area contributed by atoms with E-state index in [0.717, 1.165) is 35.3 Å². The Morgan fingerprint density at radius 1 is 0.771 bits per heavy atom. The summed E-state index contributed by atoms with van der Waals surface area (Å²) in [5, 5.41) is 14.4. The Labute approximate surface area is 220 Å². The van der Waals surface area contributed by atoms with Crippen molar-refractivity contribution < 1.29 is 9.59 Å². The maximum atomic E-state index is 12.5. The predicted molar refractivity (Wildman–Crippen MR) is 149 cm³/mol. The molecule has 0 saturated carbocycles. The zero-order chi connectivity index (χ0) is 25.2. The summed E-state index contributed by atoms with van der Waals surface area (Å²) in [5.74, 6) is 1.11. The summed E-state index contributed by atoms with van der Waals surface area (Å²) >= 11 is 4.10. The maximum Gasteiger partial charge on any atom is 0.234 e. The van der Waals surface area contributed by atoms with Gasteiger partial charge in [-0.15, -0.1) is 10.2 Å². The van der Waals surface area contributed by atoms with Crippen molar-refractivity contribution in [3.8, 4) is 0 Å². The number of carbonyl (C=O) groups excluding carboxylic acids is 2. The van der Waals surface area contributed by atoms with E-state index in [9.17, 15) is 9.59 Å². The Kier molecular flexibility index (Phi) is 10.6. The molecule has 0 saturated heterocycles. The largest absolute Gasteiger partial charge is 0.325 e. The van der Waals surface area contributed by atoms with E-state index < -0.39 is 0 Å². The van der Waals surface area contributed by atoms with Crippen LogP contribution in [0.5, 0.6) is 0 Å². The van der Waals surface area contributed by atoms with Crippen molar-refractivity contribution in [1.29, 1.82) is 0 Å². The third-order valence-electron chi connectivity index (χ3n) is 5.80. The topological polar surface area (TPSA) is 84.0 Å². The van der Waals surface area contributed by atoms with Gasteiger partial charge < -0.3 is 10.6 Å². The molecule has 0 fully saturated rings. The molecular weight excluding hydrogens is 497 g/mol. The zero-order valence-corrected chi connectivity index (χ0v) is 23.0. The third-order valence-corrected chi connectivity index (χ3v) is 8.99. The van der Waals surface area contributed by atoms with Crippen LogP contribution < -0.4 is 10.6 Å². The number of carbonyl (C=O) groups is 2. The van der Waals surface area contributed by atoms with E-state index >= 15 is 0 Å². The minimum Gasteiger partial charge on any atom is -0.325 e. The van der Waals surface area contributed by atoms with Gasteiger partial charge in [0.1, 0.15) is 0 Å². The number of hydrogen-bond donors (Lipinski definition) is 2. The molecule has 1 heterocycles. The molecule has 9 heteroatoms. The first-order chi connectivity index (χ1) is 16.9. The van der Waals surface area contributed by atoms with Gasteiger partial charge in [-0.2, -0.15) is 0 Å². The second kappa shape index (κ2) is 13.7. The molecule has 0 unspecified atom stereocenters. The van der Waals surface area contributed by atoms with Crippen LogP contribution in [-0.4, -0.2) is 33.5 Å². The average Bonchev–Trinajstić information content (AvgIpc) is 3.34. The highest BCUT2D eigenvalue weighted by Gasteiger charge is 2.15. The Bertz CT molecular complexity index is 1050. The molecule has 2 amide bonds. The van der Waals surface area contributed by atoms with Crippen molar-refractivity contribution in [2.45, 2.75) is 61.1 Å². The summed E-state index contributed by atoms with van der Waals surface area (Å²) in [4.78, 5) is 25.0. The molecule has 35 heavy (non-hydrogen) atoms. The lowest BCUT2D eigenvalue weighted by Gasteiger charge is -2.15. The van der Waals surface area contributed by atoms with Crippen LogP contribution in [0.4, 0.5) is 11.4 Å². The standard InChI is InChI=1S/C26H32N4O2S3/c1-5-17(3)19-11-7-9-13-21(19)27-23(31)15-33-25-29-30-26(35-25)34-16-24(32)28-22-14-10-8-12-20(22)18(4)6-2/h7-14,17-18H,5-6,15-16H2,1-4H3,(H,27,31)(H,28,32)/t17-,18+. The van der Waals surface area contributed by atoms with Gasteiger partial charge in [-0.05, 0) is 47.9 Å². The summed E-state index contributed by atoms with van der Waals surface area (Å²) in [7, 11) is 0. The van der Waals surface area contributed by atoms with E-state index in [1.54, 1.807) is 0 Å². The van der Waals surface area contributed by atoms with E-state index in [0.29, 0.717) is 20.5 Å². The number of amides is 2. The molecule has 2 aromatic carbocycles. The van der Waals surface area contributed by atoms with Gasteiger partial charge in [0.25, 0.3) is 0 Å². The minimum atomic E-state index is -0.0745. The lowest BCUT2D eigenvalue weighted by Crippen LogP contribution is -2.15. The van der Waals surface area contributed by atoms with Gasteiger partial charge in [-0.3, -0.25) is 9.59 Å². The highest BCUT2D eigenvalue weighted by Crippen LogP contribution is 2.31. The number of nitrogens with one attached hydrogen (secondary N) is 2. The summed E-state index contributed by atoms with van der Waals surface area (Å²) in [6, 6.07) is 15.9.